The van der Waals surface area contributed by atoms with Crippen molar-refractivity contribution >= 4 is 33.6 Å². The first kappa shape index (κ1) is 18.7. The number of halogens is 1. The number of thioether (sulfide) groups is 1. The fourth-order valence-electron chi connectivity index (χ4n) is 4.54. The molecule has 0 saturated carbocycles. The molecule has 4 aromatic rings. The number of nitrogens with one attached hydrogen (secondary N) is 1. The fraction of sp³-hybridized carbons (Fsp3) is 0.348. The van der Waals surface area contributed by atoms with E-state index in [-0.39, 0.29) is 5.82 Å². The number of nitrogens with zero attached hydrogens (tertiary/aromatic N) is 2. The topological polar surface area (TPSA) is 42.8 Å². The number of rotatable bonds is 5. The van der Waals surface area contributed by atoms with Crippen LogP contribution < -0.4 is 0 Å². The maximum Gasteiger partial charge on any atom is 0.123 e. The maximum absolute atomic E-state index is 13.7. The highest BCUT2D eigenvalue weighted by atomic mass is 32.2. The molecule has 2 aromatic heterocycles. The van der Waals surface area contributed by atoms with Crippen LogP contribution in [0.15, 0.2) is 42.6 Å². The Bertz CT molecular complexity index is 1140. The highest BCUT2D eigenvalue weighted by Crippen LogP contribution is 2.40. The van der Waals surface area contributed by atoms with E-state index in [1.165, 1.54) is 22.2 Å². The Balaban J connectivity index is 1.82. The van der Waals surface area contributed by atoms with Gasteiger partial charge in [-0.15, -0.1) is 0 Å². The summed E-state index contributed by atoms with van der Waals surface area (Å²) in [4.78, 5) is 0. The molecule has 0 aliphatic carbocycles. The second-order valence-electron chi connectivity index (χ2n) is 7.63. The van der Waals surface area contributed by atoms with Crippen molar-refractivity contribution in [2.75, 3.05) is 25.2 Å². The monoisotopic (exact) mass is 409 g/mol. The zero-order chi connectivity index (χ0) is 19.8. The second-order valence-corrected chi connectivity index (χ2v) is 8.62. The van der Waals surface area contributed by atoms with Gasteiger partial charge in [0.05, 0.1) is 17.2 Å². The molecule has 1 aliphatic rings. The minimum Gasteiger partial charge on any atom is -0.381 e. The third-order valence-corrected chi connectivity index (χ3v) is 6.53. The summed E-state index contributed by atoms with van der Waals surface area (Å²) >= 11 is 1.87. The van der Waals surface area contributed by atoms with E-state index in [0.29, 0.717) is 5.92 Å². The van der Waals surface area contributed by atoms with Gasteiger partial charge in [0.15, 0.2) is 0 Å². The third kappa shape index (κ3) is 3.34. The quantitative estimate of drug-likeness (QED) is 0.477. The van der Waals surface area contributed by atoms with Crippen LogP contribution in [0.25, 0.3) is 27.5 Å². The number of H-pyrrole nitrogens is 1. The van der Waals surface area contributed by atoms with E-state index in [4.69, 9.17) is 4.74 Å². The van der Waals surface area contributed by atoms with E-state index in [1.807, 2.05) is 30.1 Å². The molecule has 1 N–H and O–H groups in total. The van der Waals surface area contributed by atoms with Gasteiger partial charge in [0.2, 0.25) is 0 Å². The number of hydrogen-bond donors (Lipinski definition) is 1. The van der Waals surface area contributed by atoms with Gasteiger partial charge in [0.1, 0.15) is 5.82 Å². The van der Waals surface area contributed by atoms with Crippen LogP contribution in [-0.4, -0.2) is 40.0 Å². The molecule has 6 heteroatoms. The summed E-state index contributed by atoms with van der Waals surface area (Å²) in [7, 11) is 0. The number of hydrogen-bond acceptors (Lipinski definition) is 3. The van der Waals surface area contributed by atoms with Gasteiger partial charge in [-0.05, 0) is 73.2 Å². The Morgan fingerprint density at radius 3 is 2.76 bits per heavy atom. The molecule has 0 spiro atoms. The number of aromatic nitrogens is 3. The number of fused-ring (bicyclic) bond motifs is 2. The lowest BCUT2D eigenvalue weighted by molar-refractivity contribution is 0.0841. The average molecular weight is 410 g/mol. The summed E-state index contributed by atoms with van der Waals surface area (Å²) in [6.45, 7) is 1.59. The smallest absolute Gasteiger partial charge is 0.123 e. The summed E-state index contributed by atoms with van der Waals surface area (Å²) in [5.41, 5.74) is 6.00. The van der Waals surface area contributed by atoms with Crippen molar-refractivity contribution in [2.45, 2.75) is 25.2 Å². The van der Waals surface area contributed by atoms with Crippen LogP contribution in [0.2, 0.25) is 0 Å². The van der Waals surface area contributed by atoms with E-state index in [1.54, 1.807) is 12.1 Å². The predicted octanol–water partition coefficient (Wildman–Crippen LogP) is 5.45. The van der Waals surface area contributed by atoms with Crippen molar-refractivity contribution in [3.63, 3.8) is 0 Å². The number of ether oxygens (including phenoxy) is 1. The molecule has 0 unspecified atom stereocenters. The summed E-state index contributed by atoms with van der Waals surface area (Å²) < 4.78 is 21.7. The van der Waals surface area contributed by atoms with Crippen molar-refractivity contribution in [2.24, 2.45) is 0 Å². The first-order valence-electron chi connectivity index (χ1n) is 10.1. The van der Waals surface area contributed by atoms with E-state index in [9.17, 15) is 4.39 Å². The molecule has 0 atom stereocenters. The van der Waals surface area contributed by atoms with Gasteiger partial charge in [0, 0.05) is 41.3 Å². The maximum atomic E-state index is 13.7. The third-order valence-electron chi connectivity index (χ3n) is 5.92. The van der Waals surface area contributed by atoms with Crippen molar-refractivity contribution in [1.29, 1.82) is 0 Å². The SMILES string of the molecule is CSCCc1c(C2CCOCC2)n(-c2ccc(F)cc2)c2cc3cn[nH]c3cc12. The van der Waals surface area contributed by atoms with Crippen molar-refractivity contribution in [1.82, 2.24) is 14.8 Å². The standard InChI is InChI=1S/C23H24FN3OS/c1-29-11-8-19-20-13-21-16(14-25-26-21)12-22(20)27(18-4-2-17(24)3-5-18)23(19)15-6-9-28-10-7-15/h2-5,12-15H,6-11H2,1H3,(H,25,26). The van der Waals surface area contributed by atoms with E-state index in [0.717, 1.165) is 54.8 Å². The van der Waals surface area contributed by atoms with Crippen molar-refractivity contribution in [3.8, 4) is 5.69 Å². The lowest BCUT2D eigenvalue weighted by Gasteiger charge is -2.25. The van der Waals surface area contributed by atoms with Gasteiger partial charge in [-0.3, -0.25) is 5.10 Å². The summed E-state index contributed by atoms with van der Waals surface area (Å²) in [5, 5.41) is 9.69. The Kier molecular flexibility index (Phi) is 5.06. The molecule has 29 heavy (non-hydrogen) atoms. The molecule has 5 rings (SSSR count). The Morgan fingerprint density at radius 2 is 2.00 bits per heavy atom. The lowest BCUT2D eigenvalue weighted by atomic mass is 9.92. The minimum atomic E-state index is -0.211. The minimum absolute atomic E-state index is 0.211. The predicted molar refractivity (Wildman–Crippen MR) is 118 cm³/mol. The largest absolute Gasteiger partial charge is 0.381 e. The molecule has 1 aliphatic heterocycles. The number of aromatic amines is 1. The van der Waals surface area contributed by atoms with Crippen LogP contribution in [0.3, 0.4) is 0 Å². The zero-order valence-electron chi connectivity index (χ0n) is 16.5. The Labute approximate surface area is 173 Å². The van der Waals surface area contributed by atoms with Crippen molar-refractivity contribution < 1.29 is 9.13 Å². The molecule has 0 bridgehead atoms. The highest BCUT2D eigenvalue weighted by molar-refractivity contribution is 7.98. The van der Waals surface area contributed by atoms with Crippen LogP contribution in [0, 0.1) is 5.82 Å². The van der Waals surface area contributed by atoms with E-state index < -0.39 is 0 Å². The van der Waals surface area contributed by atoms with Crippen molar-refractivity contribution in [3.05, 3.63) is 59.7 Å². The molecular formula is C23H24FN3OS. The summed E-state index contributed by atoms with van der Waals surface area (Å²) in [6.07, 6.45) is 7.07. The normalized spacial score (nSPS) is 15.5. The molecule has 150 valence electrons. The van der Waals surface area contributed by atoms with Crippen LogP contribution in [0.1, 0.15) is 30.0 Å². The Hall–Kier alpha value is -2.31. The average Bonchev–Trinajstić information content (AvgIpc) is 3.33. The molecule has 1 saturated heterocycles. The van der Waals surface area contributed by atoms with E-state index >= 15 is 0 Å². The molecule has 0 amide bonds. The second kappa shape index (κ2) is 7.84. The molecule has 4 nitrogen and oxygen atoms in total. The van der Waals surface area contributed by atoms with Crippen LogP contribution in [0.4, 0.5) is 4.39 Å². The first-order chi connectivity index (χ1) is 14.3. The summed E-state index contributed by atoms with van der Waals surface area (Å²) in [5.74, 6) is 1.30. The molecule has 0 radical (unpaired) electrons. The molecule has 1 fully saturated rings. The first-order valence-corrected chi connectivity index (χ1v) is 11.5. The molecule has 3 heterocycles. The lowest BCUT2D eigenvalue weighted by Crippen LogP contribution is -2.18. The molecule has 2 aromatic carbocycles. The van der Waals surface area contributed by atoms with Gasteiger partial charge >= 0.3 is 0 Å². The van der Waals surface area contributed by atoms with E-state index in [2.05, 4.69) is 33.2 Å². The van der Waals surface area contributed by atoms with Gasteiger partial charge in [-0.1, -0.05) is 0 Å². The number of benzene rings is 2. The highest BCUT2D eigenvalue weighted by Gasteiger charge is 2.27. The zero-order valence-corrected chi connectivity index (χ0v) is 17.3. The molecular weight excluding hydrogens is 385 g/mol. The van der Waals surface area contributed by atoms with Crippen LogP contribution in [0.5, 0.6) is 0 Å². The van der Waals surface area contributed by atoms with Gasteiger partial charge in [0.25, 0.3) is 0 Å². The van der Waals surface area contributed by atoms with Gasteiger partial charge < -0.3 is 9.30 Å². The number of aryl methyl sites for hydroxylation is 1. The fourth-order valence-corrected chi connectivity index (χ4v) is 4.95. The van der Waals surface area contributed by atoms with Gasteiger partial charge in [-0.2, -0.15) is 16.9 Å². The van der Waals surface area contributed by atoms with Crippen LogP contribution >= 0.6 is 11.8 Å². The van der Waals surface area contributed by atoms with Gasteiger partial charge in [-0.25, -0.2) is 4.39 Å². The Morgan fingerprint density at radius 1 is 1.21 bits per heavy atom. The summed E-state index contributed by atoms with van der Waals surface area (Å²) in [6, 6.07) is 11.3. The van der Waals surface area contributed by atoms with Crippen LogP contribution in [-0.2, 0) is 11.2 Å².